The molecule has 0 aromatic heterocycles. The number of hydrogen-bond acceptors (Lipinski definition) is 2. The summed E-state index contributed by atoms with van der Waals surface area (Å²) in [7, 11) is 0. The van der Waals surface area contributed by atoms with Crippen molar-refractivity contribution in [2.24, 2.45) is 0 Å². The lowest BCUT2D eigenvalue weighted by molar-refractivity contribution is 0.0697. The molecule has 0 bridgehead atoms. The van der Waals surface area contributed by atoms with E-state index in [0.717, 1.165) is 42.7 Å². The summed E-state index contributed by atoms with van der Waals surface area (Å²) in [5, 5.41) is 3.29. The van der Waals surface area contributed by atoms with Gasteiger partial charge < -0.3 is 10.2 Å². The van der Waals surface area contributed by atoms with Crippen molar-refractivity contribution in [2.75, 3.05) is 18.4 Å². The number of likely N-dealkylation sites (tertiary alicyclic amines) is 1. The van der Waals surface area contributed by atoms with Crippen LogP contribution in [0, 0.1) is 6.92 Å². The third kappa shape index (κ3) is 3.33. The Kier molecular flexibility index (Phi) is 5.05. The normalized spacial score (nSPS) is 19.6. The zero-order chi connectivity index (χ0) is 14.5. The highest BCUT2D eigenvalue weighted by atomic mass is 16.2. The number of amides is 1. The highest BCUT2D eigenvalue weighted by molar-refractivity contribution is 5.96. The third-order valence-corrected chi connectivity index (χ3v) is 4.15. The van der Waals surface area contributed by atoms with E-state index in [1.54, 1.807) is 0 Å². The van der Waals surface area contributed by atoms with Crippen LogP contribution in [-0.2, 0) is 0 Å². The molecule has 2 rings (SSSR count). The van der Waals surface area contributed by atoms with Crippen molar-refractivity contribution in [2.45, 2.75) is 52.5 Å². The van der Waals surface area contributed by atoms with Crippen LogP contribution in [0.1, 0.15) is 55.5 Å². The van der Waals surface area contributed by atoms with Crippen LogP contribution >= 0.6 is 0 Å². The van der Waals surface area contributed by atoms with Gasteiger partial charge in [0.1, 0.15) is 0 Å². The van der Waals surface area contributed by atoms with Crippen LogP contribution < -0.4 is 5.32 Å². The van der Waals surface area contributed by atoms with E-state index >= 15 is 0 Å². The first kappa shape index (κ1) is 14.9. The lowest BCUT2D eigenvalue weighted by Crippen LogP contribution is -2.38. The first-order valence-electron chi connectivity index (χ1n) is 7.79. The molecule has 1 aliphatic heterocycles. The zero-order valence-corrected chi connectivity index (χ0v) is 12.9. The maximum absolute atomic E-state index is 12.8. The predicted molar refractivity (Wildman–Crippen MR) is 84.3 cm³/mol. The summed E-state index contributed by atoms with van der Waals surface area (Å²) >= 11 is 0. The van der Waals surface area contributed by atoms with E-state index in [-0.39, 0.29) is 5.91 Å². The van der Waals surface area contributed by atoms with Crippen molar-refractivity contribution >= 4 is 11.6 Å². The molecule has 3 nitrogen and oxygen atoms in total. The van der Waals surface area contributed by atoms with E-state index in [9.17, 15) is 4.79 Å². The second-order valence-corrected chi connectivity index (χ2v) is 5.76. The molecule has 20 heavy (non-hydrogen) atoms. The average Bonchev–Trinajstić information content (AvgIpc) is 2.63. The van der Waals surface area contributed by atoms with Crippen molar-refractivity contribution < 1.29 is 4.79 Å². The van der Waals surface area contributed by atoms with Gasteiger partial charge in [-0.05, 0) is 57.4 Å². The Hall–Kier alpha value is -1.51. The summed E-state index contributed by atoms with van der Waals surface area (Å²) < 4.78 is 0. The molecule has 0 aliphatic carbocycles. The van der Waals surface area contributed by atoms with Crippen LogP contribution in [0.2, 0.25) is 0 Å². The molecule has 110 valence electrons. The minimum atomic E-state index is 0.194. The number of aryl methyl sites for hydroxylation is 1. The lowest BCUT2D eigenvalue weighted by atomic mass is 10.0. The smallest absolute Gasteiger partial charge is 0.254 e. The van der Waals surface area contributed by atoms with Gasteiger partial charge in [0.25, 0.3) is 5.91 Å². The van der Waals surface area contributed by atoms with Crippen LogP contribution in [0.5, 0.6) is 0 Å². The molecular formula is C17H26N2O. The molecule has 1 heterocycles. The van der Waals surface area contributed by atoms with Gasteiger partial charge in [0.05, 0.1) is 0 Å². The van der Waals surface area contributed by atoms with Gasteiger partial charge in [-0.3, -0.25) is 4.79 Å². The molecule has 3 heteroatoms. The maximum Gasteiger partial charge on any atom is 0.254 e. The number of carbonyl (C=O) groups excluding carboxylic acids is 1. The Morgan fingerprint density at radius 3 is 2.85 bits per heavy atom. The van der Waals surface area contributed by atoms with Gasteiger partial charge in [-0.2, -0.15) is 0 Å². The number of carbonyl (C=O) groups is 1. The fraction of sp³-hybridized carbons (Fsp3) is 0.588. The van der Waals surface area contributed by atoms with Gasteiger partial charge in [0, 0.05) is 30.4 Å². The Morgan fingerprint density at radius 1 is 1.35 bits per heavy atom. The monoisotopic (exact) mass is 274 g/mol. The summed E-state index contributed by atoms with van der Waals surface area (Å²) in [5.41, 5.74) is 3.00. The first-order valence-corrected chi connectivity index (χ1v) is 7.79. The van der Waals surface area contributed by atoms with Crippen LogP contribution in [0.25, 0.3) is 0 Å². The fourth-order valence-electron chi connectivity index (χ4n) is 2.95. The largest absolute Gasteiger partial charge is 0.385 e. The molecule has 1 aliphatic rings. The SMILES string of the molecule is CCNc1ccc(C(=O)N2CCCCCC2C)c(C)c1. The fourth-order valence-corrected chi connectivity index (χ4v) is 2.95. The van der Waals surface area contributed by atoms with Gasteiger partial charge in [0.2, 0.25) is 0 Å². The quantitative estimate of drug-likeness (QED) is 0.908. The highest BCUT2D eigenvalue weighted by Crippen LogP contribution is 2.22. The summed E-state index contributed by atoms with van der Waals surface area (Å²) in [6, 6.07) is 6.40. The Morgan fingerprint density at radius 2 is 2.15 bits per heavy atom. The van der Waals surface area contributed by atoms with Crippen molar-refractivity contribution in [3.05, 3.63) is 29.3 Å². The molecule has 0 saturated carbocycles. The second-order valence-electron chi connectivity index (χ2n) is 5.76. The lowest BCUT2D eigenvalue weighted by Gasteiger charge is -2.28. The molecule has 1 saturated heterocycles. The van der Waals surface area contributed by atoms with Crippen LogP contribution in [0.15, 0.2) is 18.2 Å². The van der Waals surface area contributed by atoms with Crippen molar-refractivity contribution in [3.8, 4) is 0 Å². The summed E-state index contributed by atoms with van der Waals surface area (Å²) in [5.74, 6) is 0.194. The number of nitrogens with one attached hydrogen (secondary N) is 1. The number of benzene rings is 1. The summed E-state index contributed by atoms with van der Waals surface area (Å²) in [4.78, 5) is 14.8. The van der Waals surface area contributed by atoms with Gasteiger partial charge in [-0.25, -0.2) is 0 Å². The molecule has 1 unspecified atom stereocenters. The molecule has 1 N–H and O–H groups in total. The third-order valence-electron chi connectivity index (χ3n) is 4.15. The number of rotatable bonds is 3. The van der Waals surface area contributed by atoms with E-state index in [1.165, 1.54) is 12.8 Å². The average molecular weight is 274 g/mol. The van der Waals surface area contributed by atoms with Crippen molar-refractivity contribution in [3.63, 3.8) is 0 Å². The second kappa shape index (κ2) is 6.78. The van der Waals surface area contributed by atoms with Gasteiger partial charge in [-0.1, -0.05) is 12.8 Å². The minimum Gasteiger partial charge on any atom is -0.385 e. The topological polar surface area (TPSA) is 32.3 Å². The molecule has 0 radical (unpaired) electrons. The van der Waals surface area contributed by atoms with Crippen molar-refractivity contribution in [1.29, 1.82) is 0 Å². The number of nitrogens with zero attached hydrogens (tertiary/aromatic N) is 1. The van der Waals surface area contributed by atoms with E-state index in [2.05, 4.69) is 30.1 Å². The van der Waals surface area contributed by atoms with Gasteiger partial charge in [-0.15, -0.1) is 0 Å². The molecule has 1 aromatic rings. The van der Waals surface area contributed by atoms with E-state index in [4.69, 9.17) is 0 Å². The molecule has 1 fully saturated rings. The molecular weight excluding hydrogens is 248 g/mol. The number of anilines is 1. The number of hydrogen-bond donors (Lipinski definition) is 1. The van der Waals surface area contributed by atoms with E-state index in [1.807, 2.05) is 19.1 Å². The van der Waals surface area contributed by atoms with Crippen LogP contribution in [0.4, 0.5) is 5.69 Å². The Balaban J connectivity index is 2.19. The first-order chi connectivity index (χ1) is 9.63. The standard InChI is InChI=1S/C17H26N2O/c1-4-18-15-9-10-16(13(2)12-15)17(20)19-11-7-5-6-8-14(19)3/h9-10,12,14,18H,4-8,11H2,1-3H3. The predicted octanol–water partition coefficient (Wildman–Crippen LogP) is 3.83. The molecule has 1 atom stereocenters. The molecule has 1 amide bonds. The van der Waals surface area contributed by atoms with Crippen LogP contribution in [0.3, 0.4) is 0 Å². The molecule has 0 spiro atoms. The Labute approximate surface area is 122 Å². The van der Waals surface area contributed by atoms with E-state index in [0.29, 0.717) is 6.04 Å². The highest BCUT2D eigenvalue weighted by Gasteiger charge is 2.24. The van der Waals surface area contributed by atoms with Crippen molar-refractivity contribution in [1.82, 2.24) is 4.90 Å². The summed E-state index contributed by atoms with van der Waals surface area (Å²) in [6.07, 6.45) is 4.74. The zero-order valence-electron chi connectivity index (χ0n) is 12.9. The minimum absolute atomic E-state index is 0.194. The van der Waals surface area contributed by atoms with Crippen LogP contribution in [-0.4, -0.2) is 29.9 Å². The van der Waals surface area contributed by atoms with E-state index < -0.39 is 0 Å². The molecule has 1 aromatic carbocycles. The Bertz CT molecular complexity index is 470. The van der Waals surface area contributed by atoms with Gasteiger partial charge in [0.15, 0.2) is 0 Å². The maximum atomic E-state index is 12.8. The van der Waals surface area contributed by atoms with Gasteiger partial charge >= 0.3 is 0 Å². The summed E-state index contributed by atoms with van der Waals surface area (Å²) in [6.45, 7) is 8.07.